The zero-order chi connectivity index (χ0) is 36.5. The van der Waals surface area contributed by atoms with Crippen LogP contribution >= 0.6 is 0 Å². The molecule has 0 bridgehead atoms. The fraction of sp³-hybridized carbons (Fsp3) is 0.115. The summed E-state index contributed by atoms with van der Waals surface area (Å²) >= 11 is 0. The van der Waals surface area contributed by atoms with Gasteiger partial charge in [-0.2, -0.15) is 0 Å². The molecule has 8 rings (SSSR count). The van der Waals surface area contributed by atoms with E-state index in [2.05, 4.69) is 205 Å². The zero-order valence-corrected chi connectivity index (χ0v) is 30.7. The number of benzene rings is 5. The molecule has 0 spiro atoms. The van der Waals surface area contributed by atoms with E-state index >= 15 is 0 Å². The topological polar surface area (TPSA) is 15.3 Å². The molecule has 0 saturated carbocycles. The molecule has 2 heteroatoms. The lowest BCUT2D eigenvalue weighted by Gasteiger charge is -2.35. The monoisotopic (exact) mass is 698 g/mol. The van der Waals surface area contributed by atoms with Crippen molar-refractivity contribution in [3.8, 4) is 11.1 Å². The van der Waals surface area contributed by atoms with Crippen molar-refractivity contribution < 1.29 is 0 Å². The first-order chi connectivity index (χ1) is 26.8. The van der Waals surface area contributed by atoms with Crippen LogP contribution in [0.25, 0.3) is 28.3 Å². The first kappa shape index (κ1) is 34.7. The van der Waals surface area contributed by atoms with Crippen molar-refractivity contribution in [2.75, 3.05) is 10.2 Å². The summed E-state index contributed by atoms with van der Waals surface area (Å²) in [5.74, 6) is 0.184. The number of para-hydroxylation sites is 3. The molecule has 0 heterocycles. The van der Waals surface area contributed by atoms with Crippen molar-refractivity contribution in [1.82, 2.24) is 0 Å². The maximum Gasteiger partial charge on any atom is 0.0464 e. The average Bonchev–Trinajstić information content (AvgIpc) is 3.24. The Hall–Kier alpha value is -6.38. The van der Waals surface area contributed by atoms with Crippen molar-refractivity contribution >= 4 is 34.3 Å². The highest BCUT2D eigenvalue weighted by Crippen LogP contribution is 2.39. The standard InChI is InChI=1S/C52H46N2/c1-2-18-39(48-27-12-14-30-50(48)53-51-31-15-13-28-49(51)41-19-5-3-6-20-41)33-34-43-22-10-16-32-52(43)54(44-24-7-4-8-25-44)45-37-35-42(36-38-45)47-29-17-23-40-21-9-11-26-46(40)47/h2-16,18-21,23-28,30-35,37,43,53H,1,17,22,29,36,38H2/b34-33+,39-18+. The molecule has 0 fully saturated rings. The molecular formula is C52H46N2. The van der Waals surface area contributed by atoms with Gasteiger partial charge in [0, 0.05) is 45.5 Å². The Labute approximate surface area is 320 Å². The molecule has 1 atom stereocenters. The molecular weight excluding hydrogens is 653 g/mol. The summed E-state index contributed by atoms with van der Waals surface area (Å²) in [7, 11) is 0. The number of anilines is 3. The molecule has 2 nitrogen and oxygen atoms in total. The van der Waals surface area contributed by atoms with E-state index in [0.717, 1.165) is 54.6 Å². The Morgan fingerprint density at radius 2 is 1.44 bits per heavy atom. The molecule has 54 heavy (non-hydrogen) atoms. The largest absolute Gasteiger partial charge is 0.355 e. The second kappa shape index (κ2) is 16.5. The summed E-state index contributed by atoms with van der Waals surface area (Å²) in [6.07, 6.45) is 27.8. The molecule has 0 aliphatic heterocycles. The maximum absolute atomic E-state index is 4.11. The lowest BCUT2D eigenvalue weighted by Crippen LogP contribution is -2.30. The molecule has 0 aromatic heterocycles. The number of hydrogen-bond donors (Lipinski definition) is 1. The maximum atomic E-state index is 4.11. The molecule has 5 aromatic carbocycles. The van der Waals surface area contributed by atoms with Gasteiger partial charge >= 0.3 is 0 Å². The SMILES string of the molecule is C=C/C=C(\C=C\C1CC=CC=C1N(C1=CC=C(C2=c3ccccc3=CCC2)CC1)c1ccccc1)c1ccccc1Nc1ccccc1-c1ccccc1. The first-order valence-electron chi connectivity index (χ1n) is 19.2. The minimum Gasteiger partial charge on any atom is -0.355 e. The molecule has 1 unspecified atom stereocenters. The zero-order valence-electron chi connectivity index (χ0n) is 30.7. The predicted octanol–water partition coefficient (Wildman–Crippen LogP) is 12.2. The Bertz CT molecular complexity index is 2450. The normalized spacial score (nSPS) is 16.8. The van der Waals surface area contributed by atoms with Crippen molar-refractivity contribution in [2.24, 2.45) is 5.92 Å². The van der Waals surface area contributed by atoms with Crippen LogP contribution in [0.2, 0.25) is 0 Å². The van der Waals surface area contributed by atoms with Crippen LogP contribution in [0.3, 0.4) is 0 Å². The summed E-state index contributed by atoms with van der Waals surface area (Å²) < 4.78 is 0. The molecule has 0 amide bonds. The number of hydrogen-bond acceptors (Lipinski definition) is 2. The van der Waals surface area contributed by atoms with E-state index in [1.165, 1.54) is 49.8 Å². The average molecular weight is 699 g/mol. The van der Waals surface area contributed by atoms with Crippen LogP contribution in [-0.4, -0.2) is 0 Å². The Morgan fingerprint density at radius 3 is 2.26 bits per heavy atom. The van der Waals surface area contributed by atoms with Gasteiger partial charge in [0.1, 0.15) is 0 Å². The second-order valence-corrected chi connectivity index (χ2v) is 14.0. The van der Waals surface area contributed by atoms with Crippen LogP contribution in [0.15, 0.2) is 212 Å². The Balaban J connectivity index is 1.11. The fourth-order valence-corrected chi connectivity index (χ4v) is 8.00. The lowest BCUT2D eigenvalue weighted by atomic mass is 9.87. The van der Waals surface area contributed by atoms with Crippen LogP contribution in [0.4, 0.5) is 17.1 Å². The van der Waals surface area contributed by atoms with Gasteiger partial charge in [0.05, 0.1) is 0 Å². The summed E-state index contributed by atoms with van der Waals surface area (Å²) in [6.45, 7) is 4.11. The number of nitrogens with one attached hydrogen (secondary N) is 1. The van der Waals surface area contributed by atoms with Gasteiger partial charge in [-0.1, -0.05) is 164 Å². The number of rotatable bonds is 11. The summed E-state index contributed by atoms with van der Waals surface area (Å²) in [5.41, 5.74) is 13.5. The van der Waals surface area contributed by atoms with Gasteiger partial charge in [-0.3, -0.25) is 0 Å². The van der Waals surface area contributed by atoms with Crippen LogP contribution in [0, 0.1) is 5.92 Å². The number of allylic oxidation sites excluding steroid dienone is 12. The van der Waals surface area contributed by atoms with Crippen molar-refractivity contribution in [3.63, 3.8) is 0 Å². The Kier molecular flexibility index (Phi) is 10.6. The van der Waals surface area contributed by atoms with E-state index in [0.29, 0.717) is 0 Å². The first-order valence-corrected chi connectivity index (χ1v) is 19.2. The summed E-state index contributed by atoms with van der Waals surface area (Å²) in [5, 5.41) is 6.55. The van der Waals surface area contributed by atoms with Gasteiger partial charge < -0.3 is 10.2 Å². The molecule has 3 aliphatic carbocycles. The second-order valence-electron chi connectivity index (χ2n) is 14.0. The number of fused-ring (bicyclic) bond motifs is 1. The highest BCUT2D eigenvalue weighted by Gasteiger charge is 2.25. The summed E-state index contributed by atoms with van der Waals surface area (Å²) in [6, 6.07) is 47.4. The van der Waals surface area contributed by atoms with E-state index in [4.69, 9.17) is 0 Å². The van der Waals surface area contributed by atoms with E-state index in [9.17, 15) is 0 Å². The molecule has 5 aromatic rings. The van der Waals surface area contributed by atoms with Crippen LogP contribution in [0.1, 0.15) is 37.7 Å². The van der Waals surface area contributed by atoms with Crippen molar-refractivity contribution in [1.29, 1.82) is 0 Å². The third kappa shape index (κ3) is 7.56. The highest BCUT2D eigenvalue weighted by molar-refractivity contribution is 5.88. The fourth-order valence-electron chi connectivity index (χ4n) is 8.00. The van der Waals surface area contributed by atoms with Crippen LogP contribution in [0.5, 0.6) is 0 Å². The molecule has 1 N–H and O–H groups in total. The van der Waals surface area contributed by atoms with Gasteiger partial charge in [-0.25, -0.2) is 0 Å². The molecule has 3 aliphatic rings. The molecule has 264 valence electrons. The van der Waals surface area contributed by atoms with E-state index in [-0.39, 0.29) is 5.92 Å². The van der Waals surface area contributed by atoms with Gasteiger partial charge in [-0.15, -0.1) is 0 Å². The lowest BCUT2D eigenvalue weighted by molar-refractivity contribution is 0.717. The highest BCUT2D eigenvalue weighted by atomic mass is 15.2. The van der Waals surface area contributed by atoms with Crippen LogP contribution < -0.4 is 20.7 Å². The van der Waals surface area contributed by atoms with Gasteiger partial charge in [0.25, 0.3) is 0 Å². The van der Waals surface area contributed by atoms with Gasteiger partial charge in [0.15, 0.2) is 0 Å². The minimum atomic E-state index is 0.184. The smallest absolute Gasteiger partial charge is 0.0464 e. The summed E-state index contributed by atoms with van der Waals surface area (Å²) in [4.78, 5) is 2.51. The molecule has 0 saturated heterocycles. The minimum absolute atomic E-state index is 0.184. The number of nitrogens with zero attached hydrogens (tertiary/aromatic N) is 1. The third-order valence-electron chi connectivity index (χ3n) is 10.6. The van der Waals surface area contributed by atoms with E-state index in [1.807, 2.05) is 6.08 Å². The van der Waals surface area contributed by atoms with Crippen molar-refractivity contribution in [3.05, 3.63) is 228 Å². The van der Waals surface area contributed by atoms with Crippen molar-refractivity contribution in [2.45, 2.75) is 32.1 Å². The third-order valence-corrected chi connectivity index (χ3v) is 10.6. The van der Waals surface area contributed by atoms with Gasteiger partial charge in [-0.05, 0) is 101 Å². The van der Waals surface area contributed by atoms with E-state index < -0.39 is 0 Å². The predicted molar refractivity (Wildman–Crippen MR) is 231 cm³/mol. The molecule has 0 radical (unpaired) electrons. The quantitative estimate of drug-likeness (QED) is 0.138. The van der Waals surface area contributed by atoms with Crippen LogP contribution in [-0.2, 0) is 0 Å². The Morgan fingerprint density at radius 1 is 0.704 bits per heavy atom. The van der Waals surface area contributed by atoms with E-state index in [1.54, 1.807) is 0 Å². The van der Waals surface area contributed by atoms with Gasteiger partial charge in [0.2, 0.25) is 0 Å².